The Balaban J connectivity index is 3.66. The van der Waals surface area contributed by atoms with Gasteiger partial charge in [-0.3, -0.25) is 9.59 Å². The van der Waals surface area contributed by atoms with Crippen LogP contribution in [0.5, 0.6) is 0 Å². The van der Waals surface area contributed by atoms with Crippen LogP contribution in [-0.2, 0) is 9.59 Å². The van der Waals surface area contributed by atoms with Crippen molar-refractivity contribution in [3.8, 4) is 0 Å². The summed E-state index contributed by atoms with van der Waals surface area (Å²) in [6.45, 7) is 7.11. The van der Waals surface area contributed by atoms with Gasteiger partial charge in [0, 0.05) is 19.6 Å². The molecule has 0 saturated heterocycles. The zero-order valence-corrected chi connectivity index (χ0v) is 23.0. The Kier molecular flexibility index (Phi) is 24.2. The van der Waals surface area contributed by atoms with Crippen molar-refractivity contribution >= 4 is 11.8 Å². The molecule has 0 aliphatic heterocycles. The van der Waals surface area contributed by atoms with Crippen LogP contribution in [0.25, 0.3) is 0 Å². The smallest absolute Gasteiger partial charge is 0.242 e. The highest BCUT2D eigenvalue weighted by molar-refractivity contribution is 5.87. The minimum atomic E-state index is -0.465. The van der Waals surface area contributed by atoms with E-state index in [1.165, 1.54) is 89.9 Å². The first-order valence-electron chi connectivity index (χ1n) is 14.7. The first-order chi connectivity index (χ1) is 16.6. The third kappa shape index (κ3) is 20.3. The summed E-state index contributed by atoms with van der Waals surface area (Å²) >= 11 is 0. The lowest BCUT2D eigenvalue weighted by Crippen LogP contribution is -2.50. The fourth-order valence-electron chi connectivity index (χ4n) is 4.34. The Morgan fingerprint density at radius 1 is 0.676 bits per heavy atom. The molecular weight excluding hydrogens is 424 g/mol. The van der Waals surface area contributed by atoms with E-state index in [0.29, 0.717) is 25.8 Å². The molecule has 0 radical (unpaired) electrons. The molecule has 0 aromatic heterocycles. The van der Waals surface area contributed by atoms with Crippen LogP contribution in [0.3, 0.4) is 0 Å². The van der Waals surface area contributed by atoms with Crippen molar-refractivity contribution in [3.63, 3.8) is 0 Å². The highest BCUT2D eigenvalue weighted by Gasteiger charge is 2.25. The highest BCUT2D eigenvalue weighted by Crippen LogP contribution is 2.14. The first kappa shape index (κ1) is 32.9. The second-order valence-corrected chi connectivity index (χ2v) is 10.2. The second-order valence-electron chi connectivity index (χ2n) is 10.2. The number of carbonyl (C=O) groups excluding carboxylic acids is 2. The van der Waals surface area contributed by atoms with Gasteiger partial charge in [0.1, 0.15) is 6.04 Å². The molecule has 34 heavy (non-hydrogen) atoms. The van der Waals surface area contributed by atoms with Gasteiger partial charge in [-0.25, -0.2) is 0 Å². The lowest BCUT2D eigenvalue weighted by Gasteiger charge is -2.23. The summed E-state index contributed by atoms with van der Waals surface area (Å²) in [4.78, 5) is 24.7. The fraction of sp³-hybridized carbons (Fsp3) is 0.931. The third-order valence-corrected chi connectivity index (χ3v) is 6.95. The predicted molar refractivity (Wildman–Crippen MR) is 145 cm³/mol. The van der Waals surface area contributed by atoms with Gasteiger partial charge in [-0.1, -0.05) is 124 Å². The van der Waals surface area contributed by atoms with E-state index in [1.54, 1.807) is 0 Å². The van der Waals surface area contributed by atoms with Crippen molar-refractivity contribution in [2.45, 2.75) is 155 Å². The molecule has 0 heterocycles. The number of rotatable bonds is 25. The van der Waals surface area contributed by atoms with Crippen molar-refractivity contribution < 1.29 is 14.7 Å². The normalized spacial score (nSPS) is 12.9. The molecule has 5 heteroatoms. The van der Waals surface area contributed by atoms with Gasteiger partial charge in [-0.05, 0) is 25.2 Å². The molecule has 0 saturated carbocycles. The van der Waals surface area contributed by atoms with Crippen LogP contribution in [-0.4, -0.2) is 36.1 Å². The van der Waals surface area contributed by atoms with Gasteiger partial charge in [-0.15, -0.1) is 0 Å². The summed E-state index contributed by atoms with van der Waals surface area (Å²) < 4.78 is 0. The first-order valence-corrected chi connectivity index (χ1v) is 14.7. The molecule has 0 aromatic rings. The van der Waals surface area contributed by atoms with Crippen LogP contribution < -0.4 is 10.6 Å². The minimum Gasteiger partial charge on any atom is -0.396 e. The zero-order valence-electron chi connectivity index (χ0n) is 23.0. The number of carbonyl (C=O) groups is 2. The van der Waals surface area contributed by atoms with Crippen LogP contribution in [0.15, 0.2) is 0 Å². The standard InChI is InChI=1S/C29H58N2O3/c1-4-6-7-8-9-10-11-12-13-14-15-16-17-18-19-21-24-30-29(34)28(26(3)5-2)31-27(33)23-20-22-25-32/h26,28,32H,4-25H2,1-3H3,(H,30,34)(H,31,33)/t26-,28-/m0/s1. The maximum absolute atomic E-state index is 12.6. The summed E-state index contributed by atoms with van der Waals surface area (Å²) in [7, 11) is 0. The average molecular weight is 483 g/mol. The Morgan fingerprint density at radius 2 is 1.15 bits per heavy atom. The van der Waals surface area contributed by atoms with E-state index in [-0.39, 0.29) is 24.3 Å². The molecule has 0 aliphatic rings. The molecule has 0 bridgehead atoms. The van der Waals surface area contributed by atoms with E-state index >= 15 is 0 Å². The topological polar surface area (TPSA) is 78.4 Å². The van der Waals surface area contributed by atoms with Gasteiger partial charge in [0.15, 0.2) is 0 Å². The van der Waals surface area contributed by atoms with Crippen molar-refractivity contribution in [3.05, 3.63) is 0 Å². The molecule has 0 rings (SSSR count). The molecule has 0 aliphatic carbocycles. The summed E-state index contributed by atoms with van der Waals surface area (Å²) in [6.07, 6.45) is 23.9. The largest absolute Gasteiger partial charge is 0.396 e. The van der Waals surface area contributed by atoms with E-state index in [4.69, 9.17) is 5.11 Å². The molecule has 0 fully saturated rings. The molecule has 202 valence electrons. The monoisotopic (exact) mass is 482 g/mol. The van der Waals surface area contributed by atoms with Gasteiger partial charge < -0.3 is 15.7 Å². The summed E-state index contributed by atoms with van der Waals surface area (Å²) in [5.41, 5.74) is 0. The van der Waals surface area contributed by atoms with Crippen LogP contribution in [0.1, 0.15) is 149 Å². The number of hydrogen-bond donors (Lipinski definition) is 3. The Morgan fingerprint density at radius 3 is 1.59 bits per heavy atom. The molecule has 5 nitrogen and oxygen atoms in total. The summed E-state index contributed by atoms with van der Waals surface area (Å²) in [5.74, 6) is -0.0605. The van der Waals surface area contributed by atoms with E-state index in [9.17, 15) is 9.59 Å². The number of unbranched alkanes of at least 4 members (excludes halogenated alkanes) is 16. The van der Waals surface area contributed by atoms with Gasteiger partial charge in [0.2, 0.25) is 11.8 Å². The van der Waals surface area contributed by atoms with Crippen molar-refractivity contribution in [1.29, 1.82) is 0 Å². The van der Waals surface area contributed by atoms with E-state index in [1.807, 2.05) is 13.8 Å². The molecule has 2 amide bonds. The highest BCUT2D eigenvalue weighted by atomic mass is 16.3. The summed E-state index contributed by atoms with van der Waals surface area (Å²) in [6, 6.07) is -0.465. The van der Waals surface area contributed by atoms with Crippen LogP contribution >= 0.6 is 0 Å². The van der Waals surface area contributed by atoms with E-state index < -0.39 is 6.04 Å². The van der Waals surface area contributed by atoms with Gasteiger partial charge >= 0.3 is 0 Å². The average Bonchev–Trinajstić information content (AvgIpc) is 2.84. The minimum absolute atomic E-state index is 0.0641. The number of nitrogens with one attached hydrogen (secondary N) is 2. The third-order valence-electron chi connectivity index (χ3n) is 6.95. The molecule has 0 spiro atoms. The quantitative estimate of drug-likeness (QED) is 0.122. The molecule has 3 N–H and O–H groups in total. The van der Waals surface area contributed by atoms with Gasteiger partial charge in [0.25, 0.3) is 0 Å². The predicted octanol–water partition coefficient (Wildman–Crippen LogP) is 7.06. The number of amides is 2. The van der Waals surface area contributed by atoms with Crippen molar-refractivity contribution in [1.82, 2.24) is 10.6 Å². The number of aliphatic hydroxyl groups is 1. The lowest BCUT2D eigenvalue weighted by molar-refractivity contribution is -0.130. The SMILES string of the molecule is CCCCCCCCCCCCCCCCCCNC(=O)[C@@H](NC(=O)CCCCO)[C@@H](C)CC. The molecule has 0 aromatic carbocycles. The van der Waals surface area contributed by atoms with Crippen LogP contribution in [0, 0.1) is 5.92 Å². The number of hydrogen-bond acceptors (Lipinski definition) is 3. The molecule has 0 unspecified atom stereocenters. The fourth-order valence-corrected chi connectivity index (χ4v) is 4.34. The van der Waals surface area contributed by atoms with E-state index in [0.717, 1.165) is 19.3 Å². The summed E-state index contributed by atoms with van der Waals surface area (Å²) in [5, 5.41) is 14.8. The van der Waals surface area contributed by atoms with Crippen molar-refractivity contribution in [2.75, 3.05) is 13.2 Å². The maximum Gasteiger partial charge on any atom is 0.242 e. The number of aliphatic hydroxyl groups excluding tert-OH is 1. The maximum atomic E-state index is 12.6. The Labute approximate surface area is 211 Å². The van der Waals surface area contributed by atoms with Gasteiger partial charge in [0.05, 0.1) is 0 Å². The molecular formula is C29H58N2O3. The van der Waals surface area contributed by atoms with Crippen LogP contribution in [0.2, 0.25) is 0 Å². The Bertz CT molecular complexity index is 470. The molecule has 2 atom stereocenters. The van der Waals surface area contributed by atoms with Crippen LogP contribution in [0.4, 0.5) is 0 Å². The van der Waals surface area contributed by atoms with E-state index in [2.05, 4.69) is 17.6 Å². The zero-order chi connectivity index (χ0) is 25.3. The second kappa shape index (κ2) is 25.0. The lowest BCUT2D eigenvalue weighted by atomic mass is 9.98. The van der Waals surface area contributed by atoms with Crippen molar-refractivity contribution in [2.24, 2.45) is 5.92 Å². The van der Waals surface area contributed by atoms with Gasteiger partial charge in [-0.2, -0.15) is 0 Å². The Hall–Kier alpha value is -1.10.